The molecule has 1 radical (unpaired) electrons. The number of rotatable bonds is 0. The van der Waals surface area contributed by atoms with E-state index in [4.69, 9.17) is 23.2 Å². The highest BCUT2D eigenvalue weighted by Gasteiger charge is 2.33. The minimum absolute atomic E-state index is 0.216. The highest BCUT2D eigenvalue weighted by Crippen LogP contribution is 2.37. The third kappa shape index (κ3) is 1.84. The van der Waals surface area contributed by atoms with E-state index in [2.05, 4.69) is 6.07 Å². The molecule has 0 saturated heterocycles. The molecule has 1 aromatic rings. The molecule has 0 spiro atoms. The van der Waals surface area contributed by atoms with E-state index in [1.807, 2.05) is 0 Å². The summed E-state index contributed by atoms with van der Waals surface area (Å²) < 4.78 is 36.2. The molecular weight excluding hydrogens is 212 g/mol. The first-order chi connectivity index (χ1) is 5.43. The molecule has 5 heteroatoms. The molecule has 0 aromatic heterocycles. The van der Waals surface area contributed by atoms with E-state index in [0.717, 1.165) is 12.1 Å². The first-order valence-electron chi connectivity index (χ1n) is 2.86. The topological polar surface area (TPSA) is 0 Å². The normalized spacial score (nSPS) is 11.8. The summed E-state index contributed by atoms with van der Waals surface area (Å²) in [5.74, 6) is 0. The zero-order valence-electron chi connectivity index (χ0n) is 5.54. The zero-order chi connectivity index (χ0) is 9.35. The maximum atomic E-state index is 12.1. The Kier molecular flexibility index (Phi) is 2.54. The Morgan fingerprint density at radius 1 is 1.25 bits per heavy atom. The summed E-state index contributed by atoms with van der Waals surface area (Å²) in [6.45, 7) is 0. The molecule has 0 aliphatic carbocycles. The molecule has 0 heterocycles. The number of benzene rings is 1. The Morgan fingerprint density at radius 3 is 2.25 bits per heavy atom. The van der Waals surface area contributed by atoms with Crippen LogP contribution in [0.2, 0.25) is 10.0 Å². The van der Waals surface area contributed by atoms with Crippen molar-refractivity contribution in [1.29, 1.82) is 0 Å². The summed E-state index contributed by atoms with van der Waals surface area (Å²) in [5.41, 5.74) is -0.937. The molecule has 0 unspecified atom stereocenters. The Balaban J connectivity index is 3.26. The van der Waals surface area contributed by atoms with Crippen LogP contribution in [0.4, 0.5) is 13.2 Å². The van der Waals surface area contributed by atoms with Crippen molar-refractivity contribution in [2.75, 3.05) is 0 Å². The van der Waals surface area contributed by atoms with E-state index >= 15 is 0 Å². The Hall–Kier alpha value is -0.410. The molecule has 0 aliphatic heterocycles. The molecular formula is C7H2Cl2F3. The fourth-order valence-corrected chi connectivity index (χ4v) is 1.06. The van der Waals surface area contributed by atoms with Crippen molar-refractivity contribution in [3.05, 3.63) is 33.8 Å². The summed E-state index contributed by atoms with van der Waals surface area (Å²) in [5, 5.41) is -0.724. The van der Waals surface area contributed by atoms with Crippen LogP contribution in [0.5, 0.6) is 0 Å². The van der Waals surface area contributed by atoms with Crippen molar-refractivity contribution in [3.8, 4) is 0 Å². The zero-order valence-corrected chi connectivity index (χ0v) is 7.06. The van der Waals surface area contributed by atoms with Gasteiger partial charge in [0, 0.05) is 6.07 Å². The third-order valence-corrected chi connectivity index (χ3v) is 1.98. The quantitative estimate of drug-likeness (QED) is 0.615. The van der Waals surface area contributed by atoms with Gasteiger partial charge in [-0.3, -0.25) is 0 Å². The number of halogens is 5. The molecule has 1 aromatic carbocycles. The number of hydrogen-bond donors (Lipinski definition) is 0. The van der Waals surface area contributed by atoms with E-state index < -0.39 is 16.8 Å². The molecule has 0 aliphatic rings. The van der Waals surface area contributed by atoms with Crippen LogP contribution >= 0.6 is 23.2 Å². The van der Waals surface area contributed by atoms with Crippen molar-refractivity contribution >= 4 is 23.2 Å². The van der Waals surface area contributed by atoms with E-state index in [1.54, 1.807) is 0 Å². The smallest absolute Gasteiger partial charge is 0.166 e. The standard InChI is InChI=1S/C7H2Cl2F3/c8-5-3-1-2-4(6(5)9)7(10,11)12/h1-2H. The highest BCUT2D eigenvalue weighted by atomic mass is 35.5. The van der Waals surface area contributed by atoms with Crippen LogP contribution in [0.1, 0.15) is 5.56 Å². The predicted octanol–water partition coefficient (Wildman–Crippen LogP) is 3.81. The van der Waals surface area contributed by atoms with Crippen LogP contribution < -0.4 is 0 Å². The van der Waals surface area contributed by atoms with Gasteiger partial charge in [0.15, 0.2) is 0 Å². The van der Waals surface area contributed by atoms with Gasteiger partial charge in [-0.2, -0.15) is 13.2 Å². The summed E-state index contributed by atoms with van der Waals surface area (Å²) >= 11 is 10.6. The van der Waals surface area contributed by atoms with Crippen molar-refractivity contribution in [1.82, 2.24) is 0 Å². The van der Waals surface area contributed by atoms with E-state index in [0.29, 0.717) is 0 Å². The number of alkyl halides is 3. The Labute approximate surface area is 76.9 Å². The summed E-state index contributed by atoms with van der Waals surface area (Å²) in [7, 11) is 0. The van der Waals surface area contributed by atoms with E-state index in [1.165, 1.54) is 0 Å². The van der Waals surface area contributed by atoms with Gasteiger partial charge in [0.1, 0.15) is 0 Å². The van der Waals surface area contributed by atoms with Crippen molar-refractivity contribution in [3.63, 3.8) is 0 Å². The van der Waals surface area contributed by atoms with Gasteiger partial charge in [0.25, 0.3) is 0 Å². The number of hydrogen-bond acceptors (Lipinski definition) is 0. The van der Waals surface area contributed by atoms with Crippen molar-refractivity contribution in [2.24, 2.45) is 0 Å². The lowest BCUT2D eigenvalue weighted by atomic mass is 10.2. The minimum Gasteiger partial charge on any atom is -0.166 e. The lowest BCUT2D eigenvalue weighted by molar-refractivity contribution is -0.137. The van der Waals surface area contributed by atoms with Gasteiger partial charge in [-0.1, -0.05) is 29.3 Å². The first-order valence-corrected chi connectivity index (χ1v) is 3.61. The van der Waals surface area contributed by atoms with Gasteiger partial charge >= 0.3 is 6.18 Å². The van der Waals surface area contributed by atoms with Crippen LogP contribution in [0.15, 0.2) is 12.1 Å². The van der Waals surface area contributed by atoms with Gasteiger partial charge in [0.2, 0.25) is 0 Å². The molecule has 0 atom stereocenters. The lowest BCUT2D eigenvalue weighted by Gasteiger charge is -2.08. The average Bonchev–Trinajstić information content (AvgIpc) is 1.92. The maximum Gasteiger partial charge on any atom is 0.417 e. The maximum absolute atomic E-state index is 12.1. The Bertz CT molecular complexity index is 293. The molecule has 0 bridgehead atoms. The lowest BCUT2D eigenvalue weighted by Crippen LogP contribution is -2.05. The van der Waals surface area contributed by atoms with Crippen LogP contribution in [0.3, 0.4) is 0 Å². The van der Waals surface area contributed by atoms with Crippen LogP contribution in [-0.4, -0.2) is 0 Å². The van der Waals surface area contributed by atoms with Gasteiger partial charge in [-0.25, -0.2) is 0 Å². The molecule has 0 fully saturated rings. The Morgan fingerprint density at radius 2 is 1.83 bits per heavy atom. The minimum atomic E-state index is -4.46. The molecule has 0 saturated carbocycles. The molecule has 65 valence electrons. The summed E-state index contributed by atoms with van der Waals surface area (Å²) in [6.07, 6.45) is -4.46. The summed E-state index contributed by atoms with van der Waals surface area (Å²) in [6, 6.07) is 4.25. The van der Waals surface area contributed by atoms with E-state index in [9.17, 15) is 13.2 Å². The van der Waals surface area contributed by atoms with Crippen molar-refractivity contribution in [2.45, 2.75) is 6.18 Å². The SMILES string of the molecule is FC(F)(F)c1cc[c]c(Cl)c1Cl. The molecule has 0 N–H and O–H groups in total. The molecule has 0 nitrogen and oxygen atoms in total. The predicted molar refractivity (Wildman–Crippen MR) is 40.3 cm³/mol. The van der Waals surface area contributed by atoms with Gasteiger partial charge in [0.05, 0.1) is 15.6 Å². The van der Waals surface area contributed by atoms with Crippen LogP contribution in [-0.2, 0) is 6.18 Å². The second-order valence-electron chi connectivity index (χ2n) is 2.02. The molecule has 12 heavy (non-hydrogen) atoms. The fraction of sp³-hybridized carbons (Fsp3) is 0.143. The fourth-order valence-electron chi connectivity index (χ4n) is 0.672. The second-order valence-corrected chi connectivity index (χ2v) is 2.77. The second kappa shape index (κ2) is 3.15. The molecule has 0 amide bonds. The highest BCUT2D eigenvalue weighted by molar-refractivity contribution is 6.42. The largest absolute Gasteiger partial charge is 0.417 e. The first kappa shape index (κ1) is 9.68. The van der Waals surface area contributed by atoms with Gasteiger partial charge < -0.3 is 0 Å². The van der Waals surface area contributed by atoms with Crippen molar-refractivity contribution < 1.29 is 13.2 Å². The van der Waals surface area contributed by atoms with Crippen LogP contribution in [0, 0.1) is 6.07 Å². The third-order valence-electron chi connectivity index (χ3n) is 1.19. The van der Waals surface area contributed by atoms with Gasteiger partial charge in [-0.15, -0.1) is 0 Å². The van der Waals surface area contributed by atoms with Crippen LogP contribution in [0.25, 0.3) is 0 Å². The molecule has 1 rings (SSSR count). The van der Waals surface area contributed by atoms with Gasteiger partial charge in [-0.05, 0) is 6.07 Å². The monoisotopic (exact) mass is 213 g/mol. The summed E-state index contributed by atoms with van der Waals surface area (Å²) in [4.78, 5) is 0. The average molecular weight is 214 g/mol. The van der Waals surface area contributed by atoms with E-state index in [-0.39, 0.29) is 5.02 Å².